The standard InChI is InChI=1S/C25H30N4OS/c1-4-29-24(22-12-8-5-9-17(22)2)27-28-25(29)31-16-23(30)26-18(3)20-14-13-19-10-6-7-11-21(19)15-20/h5,8-9,12-15,18H,4,6-7,10-11,16H2,1-3H3,(H,26,30). The monoisotopic (exact) mass is 434 g/mol. The molecule has 1 aromatic heterocycles. The Morgan fingerprint density at radius 1 is 1.13 bits per heavy atom. The maximum Gasteiger partial charge on any atom is 0.230 e. The number of hydrogen-bond donors (Lipinski definition) is 1. The molecule has 1 aliphatic carbocycles. The third-order valence-electron chi connectivity index (χ3n) is 6.00. The molecule has 0 radical (unpaired) electrons. The van der Waals surface area contributed by atoms with Gasteiger partial charge in [0.05, 0.1) is 11.8 Å². The third kappa shape index (κ3) is 4.85. The molecule has 0 fully saturated rings. The average Bonchev–Trinajstić information content (AvgIpc) is 3.20. The van der Waals surface area contributed by atoms with Gasteiger partial charge < -0.3 is 9.88 Å². The van der Waals surface area contributed by atoms with Crippen LogP contribution in [0.2, 0.25) is 0 Å². The molecule has 3 aromatic rings. The summed E-state index contributed by atoms with van der Waals surface area (Å²) in [6.45, 7) is 6.96. The van der Waals surface area contributed by atoms with E-state index < -0.39 is 0 Å². The second-order valence-electron chi connectivity index (χ2n) is 8.18. The van der Waals surface area contributed by atoms with Crippen molar-refractivity contribution in [3.63, 3.8) is 0 Å². The summed E-state index contributed by atoms with van der Waals surface area (Å²) in [6, 6.07) is 14.8. The topological polar surface area (TPSA) is 59.8 Å². The maximum absolute atomic E-state index is 12.6. The zero-order valence-electron chi connectivity index (χ0n) is 18.5. The first-order chi connectivity index (χ1) is 15.1. The summed E-state index contributed by atoms with van der Waals surface area (Å²) in [5.74, 6) is 1.19. The molecular weight excluding hydrogens is 404 g/mol. The molecule has 4 rings (SSSR count). The van der Waals surface area contributed by atoms with E-state index >= 15 is 0 Å². The van der Waals surface area contributed by atoms with Crippen molar-refractivity contribution < 1.29 is 4.79 Å². The van der Waals surface area contributed by atoms with Crippen LogP contribution in [0.15, 0.2) is 47.6 Å². The number of benzene rings is 2. The zero-order chi connectivity index (χ0) is 21.8. The molecule has 0 aliphatic heterocycles. The fraction of sp³-hybridized carbons (Fsp3) is 0.400. The normalized spacial score (nSPS) is 14.2. The number of aryl methyl sites for hydroxylation is 3. The van der Waals surface area contributed by atoms with Crippen LogP contribution in [0.5, 0.6) is 0 Å². The smallest absolute Gasteiger partial charge is 0.230 e. The Labute approximate surface area is 188 Å². The van der Waals surface area contributed by atoms with E-state index in [4.69, 9.17) is 0 Å². The van der Waals surface area contributed by atoms with Crippen molar-refractivity contribution >= 4 is 17.7 Å². The predicted molar refractivity (Wildman–Crippen MR) is 126 cm³/mol. The molecule has 31 heavy (non-hydrogen) atoms. The molecule has 1 atom stereocenters. The Hall–Kier alpha value is -2.60. The van der Waals surface area contributed by atoms with Gasteiger partial charge in [-0.1, -0.05) is 54.2 Å². The number of carbonyl (C=O) groups excluding carboxylic acids is 1. The van der Waals surface area contributed by atoms with E-state index in [0.717, 1.165) is 35.1 Å². The lowest BCUT2D eigenvalue weighted by atomic mass is 9.89. The number of aromatic nitrogens is 3. The van der Waals surface area contributed by atoms with E-state index in [0.29, 0.717) is 5.75 Å². The second kappa shape index (κ2) is 9.69. The van der Waals surface area contributed by atoms with Gasteiger partial charge in [0.15, 0.2) is 11.0 Å². The number of hydrogen-bond acceptors (Lipinski definition) is 4. The highest BCUT2D eigenvalue weighted by atomic mass is 32.2. The Bertz CT molecular complexity index is 1080. The van der Waals surface area contributed by atoms with Crippen LogP contribution in [-0.4, -0.2) is 26.4 Å². The number of amides is 1. The third-order valence-corrected chi connectivity index (χ3v) is 6.97. The zero-order valence-corrected chi connectivity index (χ0v) is 19.3. The van der Waals surface area contributed by atoms with Crippen molar-refractivity contribution in [1.29, 1.82) is 0 Å². The number of nitrogens with zero attached hydrogens (tertiary/aromatic N) is 3. The fourth-order valence-electron chi connectivity index (χ4n) is 4.22. The quantitative estimate of drug-likeness (QED) is 0.524. The molecule has 1 N–H and O–H groups in total. The van der Waals surface area contributed by atoms with Crippen molar-refractivity contribution in [2.75, 3.05) is 5.75 Å². The van der Waals surface area contributed by atoms with E-state index in [-0.39, 0.29) is 11.9 Å². The lowest BCUT2D eigenvalue weighted by molar-refractivity contribution is -0.119. The van der Waals surface area contributed by atoms with E-state index in [9.17, 15) is 4.79 Å². The molecule has 1 heterocycles. The minimum absolute atomic E-state index is 0.00750. The summed E-state index contributed by atoms with van der Waals surface area (Å²) in [5.41, 5.74) is 6.33. The number of thioether (sulfide) groups is 1. The molecule has 0 saturated carbocycles. The van der Waals surface area contributed by atoms with E-state index in [1.807, 2.05) is 12.1 Å². The molecule has 0 saturated heterocycles. The summed E-state index contributed by atoms with van der Waals surface area (Å²) >= 11 is 1.44. The minimum Gasteiger partial charge on any atom is -0.349 e. The van der Waals surface area contributed by atoms with Gasteiger partial charge in [0.1, 0.15) is 0 Å². The van der Waals surface area contributed by atoms with Crippen molar-refractivity contribution in [2.24, 2.45) is 0 Å². The van der Waals surface area contributed by atoms with Gasteiger partial charge in [0.25, 0.3) is 0 Å². The van der Waals surface area contributed by atoms with Gasteiger partial charge >= 0.3 is 0 Å². The van der Waals surface area contributed by atoms with Gasteiger partial charge in [-0.05, 0) is 68.7 Å². The lowest BCUT2D eigenvalue weighted by Crippen LogP contribution is -2.28. The highest BCUT2D eigenvalue weighted by Crippen LogP contribution is 2.27. The Morgan fingerprint density at radius 2 is 1.90 bits per heavy atom. The van der Waals surface area contributed by atoms with Gasteiger partial charge in [-0.25, -0.2) is 0 Å². The van der Waals surface area contributed by atoms with Crippen molar-refractivity contribution in [3.8, 4) is 11.4 Å². The molecule has 0 spiro atoms. The maximum atomic E-state index is 12.6. The highest BCUT2D eigenvalue weighted by Gasteiger charge is 2.17. The lowest BCUT2D eigenvalue weighted by Gasteiger charge is -2.20. The molecular formula is C25H30N4OS. The fourth-order valence-corrected chi connectivity index (χ4v) is 5.04. The van der Waals surface area contributed by atoms with Crippen molar-refractivity contribution in [1.82, 2.24) is 20.1 Å². The SMILES string of the molecule is CCn1c(SCC(=O)NC(C)c2ccc3c(c2)CCCC3)nnc1-c1ccccc1C. The first kappa shape index (κ1) is 21.6. The van der Waals surface area contributed by atoms with Gasteiger partial charge in [0.2, 0.25) is 5.91 Å². The minimum atomic E-state index is -0.00750. The van der Waals surface area contributed by atoms with Crippen LogP contribution >= 0.6 is 11.8 Å². The van der Waals surface area contributed by atoms with Gasteiger partial charge in [-0.2, -0.15) is 0 Å². The summed E-state index contributed by atoms with van der Waals surface area (Å²) in [6.07, 6.45) is 4.87. The molecule has 1 unspecified atom stereocenters. The Kier molecular flexibility index (Phi) is 6.76. The molecule has 6 heteroatoms. The highest BCUT2D eigenvalue weighted by molar-refractivity contribution is 7.99. The first-order valence-corrected chi connectivity index (χ1v) is 12.1. The van der Waals surface area contributed by atoms with Crippen LogP contribution in [0.1, 0.15) is 55.0 Å². The average molecular weight is 435 g/mol. The molecule has 5 nitrogen and oxygen atoms in total. The van der Waals surface area contributed by atoms with Crippen LogP contribution in [0, 0.1) is 6.92 Å². The summed E-state index contributed by atoms with van der Waals surface area (Å²) in [4.78, 5) is 12.6. The predicted octanol–water partition coefficient (Wildman–Crippen LogP) is 5.12. The van der Waals surface area contributed by atoms with Crippen LogP contribution in [-0.2, 0) is 24.2 Å². The van der Waals surface area contributed by atoms with Gasteiger partial charge in [0, 0.05) is 12.1 Å². The van der Waals surface area contributed by atoms with Crippen LogP contribution in [0.25, 0.3) is 11.4 Å². The number of fused-ring (bicyclic) bond motifs is 1. The first-order valence-electron chi connectivity index (χ1n) is 11.1. The van der Waals surface area contributed by atoms with E-state index in [1.54, 1.807) is 0 Å². The molecule has 162 valence electrons. The number of rotatable bonds is 7. The summed E-state index contributed by atoms with van der Waals surface area (Å²) in [7, 11) is 0. The summed E-state index contributed by atoms with van der Waals surface area (Å²) < 4.78 is 2.08. The van der Waals surface area contributed by atoms with Crippen LogP contribution < -0.4 is 5.32 Å². The van der Waals surface area contributed by atoms with Gasteiger partial charge in [-0.15, -0.1) is 10.2 Å². The van der Waals surface area contributed by atoms with Crippen LogP contribution in [0.4, 0.5) is 0 Å². The molecule has 2 aromatic carbocycles. The molecule has 0 bridgehead atoms. The molecule has 1 aliphatic rings. The largest absolute Gasteiger partial charge is 0.349 e. The number of carbonyl (C=O) groups is 1. The Balaban J connectivity index is 1.39. The van der Waals surface area contributed by atoms with Crippen molar-refractivity contribution in [2.45, 2.75) is 64.2 Å². The van der Waals surface area contributed by atoms with Crippen molar-refractivity contribution in [3.05, 3.63) is 64.7 Å². The second-order valence-corrected chi connectivity index (χ2v) is 9.12. The van der Waals surface area contributed by atoms with E-state index in [1.165, 1.54) is 47.7 Å². The summed E-state index contributed by atoms with van der Waals surface area (Å²) in [5, 5.41) is 12.7. The Morgan fingerprint density at radius 3 is 2.68 bits per heavy atom. The van der Waals surface area contributed by atoms with Crippen LogP contribution in [0.3, 0.4) is 0 Å². The molecule has 1 amide bonds. The number of nitrogens with one attached hydrogen (secondary N) is 1. The van der Waals surface area contributed by atoms with Gasteiger partial charge in [-0.3, -0.25) is 4.79 Å². The van der Waals surface area contributed by atoms with E-state index in [2.05, 4.69) is 71.2 Å².